The number of benzene rings is 2. The zero-order valence-corrected chi connectivity index (χ0v) is 17.7. The fourth-order valence-electron chi connectivity index (χ4n) is 4.26. The van der Waals surface area contributed by atoms with Gasteiger partial charge in [0.15, 0.2) is 0 Å². The molecular weight excluding hydrogens is 386 g/mol. The Morgan fingerprint density at radius 1 is 1.03 bits per heavy atom. The molecule has 2 N–H and O–H groups in total. The Kier molecular flexibility index (Phi) is 4.55. The summed E-state index contributed by atoms with van der Waals surface area (Å²) < 4.78 is 2.09. The molecule has 5 rings (SSSR count). The van der Waals surface area contributed by atoms with Crippen LogP contribution in [0.5, 0.6) is 0 Å². The molecule has 6 nitrogen and oxygen atoms in total. The summed E-state index contributed by atoms with van der Waals surface area (Å²) >= 11 is 0. The molecule has 0 bridgehead atoms. The van der Waals surface area contributed by atoms with Crippen LogP contribution in [0, 0.1) is 13.8 Å². The molecule has 0 fully saturated rings. The standard InChI is InChI=1S/C25H23N5O/c1-15-8-9-19(16(2)14-15)28-24(31)22-17(3)27-25-29-20-6-4-5-7-21(20)30(25)23(22)18-10-12-26-13-11-18/h4-14,23H,1-3H3,(H,27,29)(H,28,31)/t23-/m0/s1. The van der Waals surface area contributed by atoms with Gasteiger partial charge in [0.05, 0.1) is 22.6 Å². The zero-order valence-electron chi connectivity index (χ0n) is 17.7. The Morgan fingerprint density at radius 3 is 2.58 bits per heavy atom. The van der Waals surface area contributed by atoms with Gasteiger partial charge in [-0.2, -0.15) is 0 Å². The van der Waals surface area contributed by atoms with Crippen LogP contribution in [0.1, 0.15) is 29.7 Å². The Bertz CT molecular complexity index is 1340. The maximum absolute atomic E-state index is 13.6. The number of para-hydroxylation sites is 2. The minimum Gasteiger partial charge on any atom is -0.329 e. The highest BCUT2D eigenvalue weighted by Crippen LogP contribution is 2.39. The summed E-state index contributed by atoms with van der Waals surface area (Å²) in [6.07, 6.45) is 3.51. The minimum atomic E-state index is -0.322. The molecule has 0 radical (unpaired) electrons. The molecule has 2 aromatic heterocycles. The number of aromatic nitrogens is 3. The molecule has 1 aliphatic rings. The highest BCUT2D eigenvalue weighted by molar-refractivity contribution is 6.06. The number of rotatable bonds is 3. The van der Waals surface area contributed by atoms with E-state index in [-0.39, 0.29) is 11.9 Å². The number of amides is 1. The second-order valence-corrected chi connectivity index (χ2v) is 7.91. The summed E-state index contributed by atoms with van der Waals surface area (Å²) in [6.45, 7) is 5.97. The highest BCUT2D eigenvalue weighted by atomic mass is 16.1. The molecule has 0 spiro atoms. The first-order valence-corrected chi connectivity index (χ1v) is 10.3. The molecule has 1 amide bonds. The fraction of sp³-hybridized carbons (Fsp3) is 0.160. The fourth-order valence-corrected chi connectivity index (χ4v) is 4.26. The lowest BCUT2D eigenvalue weighted by atomic mass is 9.95. The number of aryl methyl sites for hydroxylation is 2. The third-order valence-corrected chi connectivity index (χ3v) is 5.73. The highest BCUT2D eigenvalue weighted by Gasteiger charge is 2.34. The SMILES string of the molecule is CC1=C(C(=O)Nc2ccc(C)cc2C)[C@H](c2ccncc2)n2c(nc3ccccc32)N1. The molecular formula is C25H23N5O. The van der Waals surface area contributed by atoms with Crippen LogP contribution in [0.3, 0.4) is 0 Å². The summed E-state index contributed by atoms with van der Waals surface area (Å²) in [4.78, 5) is 22.5. The van der Waals surface area contributed by atoms with Crippen LogP contribution >= 0.6 is 0 Å². The van der Waals surface area contributed by atoms with E-state index < -0.39 is 0 Å². The lowest BCUT2D eigenvalue weighted by Gasteiger charge is -2.30. The molecule has 31 heavy (non-hydrogen) atoms. The van der Waals surface area contributed by atoms with Gasteiger partial charge in [-0.25, -0.2) is 4.98 Å². The smallest absolute Gasteiger partial charge is 0.255 e. The van der Waals surface area contributed by atoms with Crippen molar-refractivity contribution in [2.75, 3.05) is 10.6 Å². The van der Waals surface area contributed by atoms with E-state index >= 15 is 0 Å². The Labute approximate surface area is 180 Å². The zero-order chi connectivity index (χ0) is 21.5. The second kappa shape index (κ2) is 7.40. The van der Waals surface area contributed by atoms with Gasteiger partial charge < -0.3 is 10.6 Å². The van der Waals surface area contributed by atoms with Crippen molar-refractivity contribution in [3.63, 3.8) is 0 Å². The molecule has 154 valence electrons. The van der Waals surface area contributed by atoms with Crippen LogP contribution in [0.15, 0.2) is 78.3 Å². The number of nitrogens with one attached hydrogen (secondary N) is 2. The van der Waals surface area contributed by atoms with Gasteiger partial charge >= 0.3 is 0 Å². The molecule has 0 saturated heterocycles. The average molecular weight is 409 g/mol. The van der Waals surface area contributed by atoms with Crippen LogP contribution in [0.2, 0.25) is 0 Å². The van der Waals surface area contributed by atoms with Crippen molar-refractivity contribution < 1.29 is 4.79 Å². The predicted octanol–water partition coefficient (Wildman–Crippen LogP) is 4.98. The van der Waals surface area contributed by atoms with Gasteiger partial charge in [-0.15, -0.1) is 0 Å². The van der Waals surface area contributed by atoms with E-state index in [1.807, 2.05) is 69.3 Å². The molecule has 1 aliphatic heterocycles. The van der Waals surface area contributed by atoms with E-state index in [1.54, 1.807) is 12.4 Å². The second-order valence-electron chi connectivity index (χ2n) is 7.91. The number of hydrogen-bond donors (Lipinski definition) is 2. The van der Waals surface area contributed by atoms with E-state index in [2.05, 4.69) is 26.3 Å². The minimum absolute atomic E-state index is 0.137. The number of imidazole rings is 1. The molecule has 0 aliphatic carbocycles. The Hall–Kier alpha value is -3.93. The Morgan fingerprint density at radius 2 is 1.81 bits per heavy atom. The number of fused-ring (bicyclic) bond motifs is 3. The molecule has 0 saturated carbocycles. The van der Waals surface area contributed by atoms with Gasteiger partial charge in [-0.05, 0) is 62.2 Å². The van der Waals surface area contributed by atoms with Crippen molar-refractivity contribution in [1.82, 2.24) is 14.5 Å². The summed E-state index contributed by atoms with van der Waals surface area (Å²) in [5.41, 5.74) is 7.27. The molecule has 3 heterocycles. The largest absolute Gasteiger partial charge is 0.329 e. The Balaban J connectivity index is 1.65. The number of allylic oxidation sites excluding steroid dienone is 1. The lowest BCUT2D eigenvalue weighted by Crippen LogP contribution is -2.31. The number of anilines is 2. The number of nitrogens with zero attached hydrogens (tertiary/aromatic N) is 3. The van der Waals surface area contributed by atoms with E-state index in [0.29, 0.717) is 5.57 Å². The van der Waals surface area contributed by atoms with Crippen LogP contribution in [0.25, 0.3) is 11.0 Å². The number of hydrogen-bond acceptors (Lipinski definition) is 4. The summed E-state index contributed by atoms with van der Waals surface area (Å²) in [6, 6.07) is 17.6. The predicted molar refractivity (Wildman–Crippen MR) is 123 cm³/mol. The van der Waals surface area contributed by atoms with Crippen molar-refractivity contribution in [3.8, 4) is 0 Å². The monoisotopic (exact) mass is 409 g/mol. The maximum Gasteiger partial charge on any atom is 0.255 e. The molecule has 1 atom stereocenters. The maximum atomic E-state index is 13.6. The van der Waals surface area contributed by atoms with E-state index in [9.17, 15) is 4.79 Å². The van der Waals surface area contributed by atoms with Gasteiger partial charge in [0, 0.05) is 23.8 Å². The van der Waals surface area contributed by atoms with Gasteiger partial charge in [-0.1, -0.05) is 29.8 Å². The van der Waals surface area contributed by atoms with Crippen LogP contribution < -0.4 is 10.6 Å². The number of pyridine rings is 1. The van der Waals surface area contributed by atoms with E-state index in [0.717, 1.165) is 45.1 Å². The topological polar surface area (TPSA) is 71.8 Å². The molecule has 0 unspecified atom stereocenters. The number of carbonyl (C=O) groups is 1. The van der Waals surface area contributed by atoms with Gasteiger partial charge in [0.2, 0.25) is 5.95 Å². The summed E-state index contributed by atoms with van der Waals surface area (Å²) in [7, 11) is 0. The van der Waals surface area contributed by atoms with Crippen molar-refractivity contribution >= 4 is 28.6 Å². The molecule has 4 aromatic rings. The van der Waals surface area contributed by atoms with Crippen LogP contribution in [0.4, 0.5) is 11.6 Å². The van der Waals surface area contributed by atoms with Crippen molar-refractivity contribution in [1.29, 1.82) is 0 Å². The summed E-state index contributed by atoms with van der Waals surface area (Å²) in [5.74, 6) is 0.589. The van der Waals surface area contributed by atoms with Crippen LogP contribution in [-0.4, -0.2) is 20.4 Å². The van der Waals surface area contributed by atoms with E-state index in [1.165, 1.54) is 0 Å². The quantitative estimate of drug-likeness (QED) is 0.501. The van der Waals surface area contributed by atoms with Crippen molar-refractivity contribution in [3.05, 3.63) is 95.0 Å². The molecule has 6 heteroatoms. The lowest BCUT2D eigenvalue weighted by molar-refractivity contribution is -0.113. The molecule has 2 aromatic carbocycles. The first-order valence-electron chi connectivity index (χ1n) is 10.3. The normalized spacial score (nSPS) is 15.5. The van der Waals surface area contributed by atoms with Crippen molar-refractivity contribution in [2.24, 2.45) is 0 Å². The first kappa shape index (κ1) is 19.1. The van der Waals surface area contributed by atoms with E-state index in [4.69, 9.17) is 4.98 Å². The van der Waals surface area contributed by atoms with Gasteiger partial charge in [0.25, 0.3) is 5.91 Å². The van der Waals surface area contributed by atoms with Crippen LogP contribution in [-0.2, 0) is 4.79 Å². The van der Waals surface area contributed by atoms with Gasteiger partial charge in [0.1, 0.15) is 0 Å². The first-order chi connectivity index (χ1) is 15.0. The third-order valence-electron chi connectivity index (χ3n) is 5.73. The average Bonchev–Trinajstić information content (AvgIpc) is 3.13. The van der Waals surface area contributed by atoms with Gasteiger partial charge in [-0.3, -0.25) is 14.3 Å². The number of carbonyl (C=O) groups excluding carboxylic acids is 1. The third kappa shape index (κ3) is 3.26. The summed E-state index contributed by atoms with van der Waals surface area (Å²) in [5, 5.41) is 6.47. The van der Waals surface area contributed by atoms with Crippen molar-refractivity contribution in [2.45, 2.75) is 26.8 Å².